The first-order valence-electron chi connectivity index (χ1n) is 5.93. The third-order valence-electron chi connectivity index (χ3n) is 2.60. The van der Waals surface area contributed by atoms with Crippen LogP contribution in [0, 0.1) is 0 Å². The summed E-state index contributed by atoms with van der Waals surface area (Å²) >= 11 is 2.58. The number of ketones is 1. The van der Waals surface area contributed by atoms with Crippen LogP contribution in [-0.4, -0.2) is 26.8 Å². The second kappa shape index (κ2) is 6.10. The van der Waals surface area contributed by atoms with Gasteiger partial charge in [-0.15, -0.1) is 11.3 Å². The fourth-order valence-electron chi connectivity index (χ4n) is 1.66. The van der Waals surface area contributed by atoms with Crippen LogP contribution in [0.5, 0.6) is 0 Å². The average molecular weight is 311 g/mol. The standard InChI is InChI=1S/C12H13N3O3S2/c1-3-7(10-13-4-5-19-10)14-12-15-8(11(17)18)9(20-12)6(2)16/h4-5,7H,3H2,1-2H3,(H,14,15)(H,17,18). The van der Waals surface area contributed by atoms with Gasteiger partial charge in [0.05, 0.1) is 6.04 Å². The Labute approximate surface area is 123 Å². The Morgan fingerprint density at radius 2 is 2.25 bits per heavy atom. The number of Topliss-reactive ketones (excluding diaryl/α,β-unsaturated/α-hetero) is 1. The summed E-state index contributed by atoms with van der Waals surface area (Å²) in [6.45, 7) is 3.33. The van der Waals surface area contributed by atoms with E-state index in [-0.39, 0.29) is 22.4 Å². The maximum Gasteiger partial charge on any atom is 0.356 e. The van der Waals surface area contributed by atoms with Gasteiger partial charge in [-0.1, -0.05) is 18.3 Å². The predicted molar refractivity (Wildman–Crippen MR) is 77.8 cm³/mol. The molecule has 2 heterocycles. The molecule has 0 aliphatic carbocycles. The number of nitrogens with zero attached hydrogens (tertiary/aromatic N) is 2. The normalized spacial score (nSPS) is 12.1. The van der Waals surface area contributed by atoms with Crippen LogP contribution in [-0.2, 0) is 0 Å². The van der Waals surface area contributed by atoms with Crippen molar-refractivity contribution < 1.29 is 14.7 Å². The number of rotatable bonds is 6. The maximum atomic E-state index is 11.4. The Balaban J connectivity index is 2.27. The molecule has 6 nitrogen and oxygen atoms in total. The number of carbonyl (C=O) groups excluding carboxylic acids is 1. The number of aromatic carboxylic acids is 1. The minimum absolute atomic E-state index is 0.0393. The summed E-state index contributed by atoms with van der Waals surface area (Å²) in [6, 6.07) is -0.0393. The van der Waals surface area contributed by atoms with E-state index < -0.39 is 5.97 Å². The molecule has 2 aromatic heterocycles. The number of nitrogens with one attached hydrogen (secondary N) is 1. The van der Waals surface area contributed by atoms with E-state index in [4.69, 9.17) is 5.11 Å². The number of hydrogen-bond acceptors (Lipinski definition) is 7. The summed E-state index contributed by atoms with van der Waals surface area (Å²) in [5.74, 6) is -1.49. The lowest BCUT2D eigenvalue weighted by Crippen LogP contribution is -2.09. The Kier molecular flexibility index (Phi) is 4.46. The SMILES string of the molecule is CCC(Nc1nc(C(=O)O)c(C(C)=O)s1)c1nccs1. The molecule has 0 aliphatic heterocycles. The van der Waals surface area contributed by atoms with Gasteiger partial charge in [-0.2, -0.15) is 0 Å². The fraction of sp³-hybridized carbons (Fsp3) is 0.333. The van der Waals surface area contributed by atoms with Gasteiger partial charge in [-0.05, 0) is 6.42 Å². The predicted octanol–water partition coefficient (Wildman–Crippen LogP) is 3.06. The molecule has 20 heavy (non-hydrogen) atoms. The van der Waals surface area contributed by atoms with Crippen molar-refractivity contribution in [1.29, 1.82) is 0 Å². The molecule has 1 atom stereocenters. The van der Waals surface area contributed by atoms with Crippen LogP contribution in [0.1, 0.15) is 51.5 Å². The van der Waals surface area contributed by atoms with Gasteiger partial charge in [0.25, 0.3) is 0 Å². The van der Waals surface area contributed by atoms with E-state index in [2.05, 4.69) is 15.3 Å². The van der Waals surface area contributed by atoms with E-state index in [9.17, 15) is 9.59 Å². The zero-order valence-corrected chi connectivity index (χ0v) is 12.5. The molecule has 0 amide bonds. The van der Waals surface area contributed by atoms with Crippen molar-refractivity contribution in [3.8, 4) is 0 Å². The second-order valence-electron chi connectivity index (χ2n) is 4.03. The fourth-order valence-corrected chi connectivity index (χ4v) is 3.34. The van der Waals surface area contributed by atoms with Crippen LogP contribution in [0.3, 0.4) is 0 Å². The van der Waals surface area contributed by atoms with Crippen molar-refractivity contribution in [2.75, 3.05) is 5.32 Å². The molecule has 2 aromatic rings. The first-order chi connectivity index (χ1) is 9.52. The van der Waals surface area contributed by atoms with E-state index >= 15 is 0 Å². The van der Waals surface area contributed by atoms with Gasteiger partial charge in [-0.25, -0.2) is 14.8 Å². The largest absolute Gasteiger partial charge is 0.476 e. The highest BCUT2D eigenvalue weighted by atomic mass is 32.1. The summed E-state index contributed by atoms with van der Waals surface area (Å²) in [6.07, 6.45) is 2.50. The van der Waals surface area contributed by atoms with E-state index in [1.54, 1.807) is 6.20 Å². The number of aromatic nitrogens is 2. The number of thiazole rings is 2. The summed E-state index contributed by atoms with van der Waals surface area (Å²) in [7, 11) is 0. The first kappa shape index (κ1) is 14.6. The number of carboxylic acids is 1. The molecular weight excluding hydrogens is 298 g/mol. The van der Waals surface area contributed by atoms with Crippen LogP contribution in [0.2, 0.25) is 0 Å². The van der Waals surface area contributed by atoms with Gasteiger partial charge < -0.3 is 10.4 Å². The highest BCUT2D eigenvalue weighted by molar-refractivity contribution is 7.17. The summed E-state index contributed by atoms with van der Waals surface area (Å²) in [4.78, 5) is 30.9. The highest BCUT2D eigenvalue weighted by Gasteiger charge is 2.22. The minimum atomic E-state index is -1.19. The lowest BCUT2D eigenvalue weighted by atomic mass is 10.2. The second-order valence-corrected chi connectivity index (χ2v) is 5.96. The number of hydrogen-bond donors (Lipinski definition) is 2. The van der Waals surface area contributed by atoms with E-state index in [1.807, 2.05) is 12.3 Å². The van der Waals surface area contributed by atoms with Crippen LogP contribution in [0.15, 0.2) is 11.6 Å². The molecule has 1 unspecified atom stereocenters. The Hall–Kier alpha value is -1.80. The zero-order chi connectivity index (χ0) is 14.7. The van der Waals surface area contributed by atoms with Gasteiger partial charge in [0.2, 0.25) is 0 Å². The van der Waals surface area contributed by atoms with Crippen molar-refractivity contribution >= 4 is 39.6 Å². The molecule has 2 rings (SSSR count). The van der Waals surface area contributed by atoms with Crippen molar-refractivity contribution in [3.05, 3.63) is 27.2 Å². The first-order valence-corrected chi connectivity index (χ1v) is 7.63. The molecule has 2 N–H and O–H groups in total. The molecule has 0 fully saturated rings. The van der Waals surface area contributed by atoms with Crippen LogP contribution < -0.4 is 5.32 Å². The lowest BCUT2D eigenvalue weighted by Gasteiger charge is -2.12. The van der Waals surface area contributed by atoms with Crippen molar-refractivity contribution in [3.63, 3.8) is 0 Å². The molecule has 0 aliphatic rings. The van der Waals surface area contributed by atoms with Gasteiger partial charge >= 0.3 is 5.97 Å². The van der Waals surface area contributed by atoms with Crippen LogP contribution in [0.4, 0.5) is 5.13 Å². The molecule has 0 saturated carbocycles. The topological polar surface area (TPSA) is 92.2 Å². The third kappa shape index (κ3) is 3.02. The van der Waals surface area contributed by atoms with E-state index in [1.165, 1.54) is 18.3 Å². The van der Waals surface area contributed by atoms with Gasteiger partial charge in [0, 0.05) is 18.5 Å². The molecule has 0 radical (unpaired) electrons. The molecule has 8 heteroatoms. The highest BCUT2D eigenvalue weighted by Crippen LogP contribution is 2.29. The Morgan fingerprint density at radius 1 is 1.50 bits per heavy atom. The molecule has 0 aromatic carbocycles. The van der Waals surface area contributed by atoms with Gasteiger partial charge in [0.15, 0.2) is 16.6 Å². The Bertz CT molecular complexity index is 590. The third-order valence-corrected chi connectivity index (χ3v) is 4.58. The number of carbonyl (C=O) groups is 2. The number of carboxylic acid groups (broad SMARTS) is 1. The summed E-state index contributed by atoms with van der Waals surface area (Å²) < 4.78 is 0. The van der Waals surface area contributed by atoms with Gasteiger partial charge in [0.1, 0.15) is 9.88 Å². The van der Waals surface area contributed by atoms with Crippen LogP contribution >= 0.6 is 22.7 Å². The van der Waals surface area contributed by atoms with E-state index in [0.717, 1.165) is 22.8 Å². The summed E-state index contributed by atoms with van der Waals surface area (Å²) in [5.41, 5.74) is -0.195. The molecule has 0 spiro atoms. The maximum absolute atomic E-state index is 11.4. The summed E-state index contributed by atoms with van der Waals surface area (Å²) in [5, 5.41) is 15.4. The Morgan fingerprint density at radius 3 is 2.70 bits per heavy atom. The minimum Gasteiger partial charge on any atom is -0.476 e. The molecule has 0 saturated heterocycles. The van der Waals surface area contributed by atoms with Crippen molar-refractivity contribution in [2.45, 2.75) is 26.3 Å². The molecule has 106 valence electrons. The zero-order valence-electron chi connectivity index (χ0n) is 10.9. The number of anilines is 1. The average Bonchev–Trinajstić information content (AvgIpc) is 3.05. The molecule has 0 bridgehead atoms. The van der Waals surface area contributed by atoms with E-state index in [0.29, 0.717) is 5.13 Å². The van der Waals surface area contributed by atoms with Crippen molar-refractivity contribution in [2.24, 2.45) is 0 Å². The van der Waals surface area contributed by atoms with Crippen molar-refractivity contribution in [1.82, 2.24) is 9.97 Å². The monoisotopic (exact) mass is 311 g/mol. The smallest absolute Gasteiger partial charge is 0.356 e. The lowest BCUT2D eigenvalue weighted by molar-refractivity contribution is 0.0687. The molecular formula is C12H13N3O3S2. The van der Waals surface area contributed by atoms with Gasteiger partial charge in [-0.3, -0.25) is 4.79 Å². The quantitative estimate of drug-likeness (QED) is 0.797. The van der Waals surface area contributed by atoms with Crippen LogP contribution in [0.25, 0.3) is 0 Å².